The predicted octanol–water partition coefficient (Wildman–Crippen LogP) is 6.24. The first-order chi connectivity index (χ1) is 15.0. The molecular formula is C26H24N2O3. The normalized spacial score (nSPS) is 11.5. The maximum atomic E-state index is 12.6. The van der Waals surface area contributed by atoms with Crippen LogP contribution in [0.3, 0.4) is 0 Å². The first-order valence-electron chi connectivity index (χ1n) is 10.2. The summed E-state index contributed by atoms with van der Waals surface area (Å²) in [7, 11) is 0. The molecule has 2 aromatic heterocycles. The van der Waals surface area contributed by atoms with Gasteiger partial charge in [0.1, 0.15) is 17.2 Å². The highest BCUT2D eigenvalue weighted by Gasteiger charge is 2.15. The van der Waals surface area contributed by atoms with Gasteiger partial charge in [0, 0.05) is 34.9 Å². The molecule has 0 bridgehead atoms. The Labute approximate surface area is 181 Å². The molecule has 0 saturated heterocycles. The summed E-state index contributed by atoms with van der Waals surface area (Å²) in [4.78, 5) is 16.8. The van der Waals surface area contributed by atoms with Crippen molar-refractivity contribution in [3.05, 3.63) is 84.3 Å². The number of amides is 1. The SMILES string of the molecule is CCOc1cc2occ(-c3ccccc3)c2cc1/C(C)=C/C(=O)Nc1ccc(C)cn1. The molecule has 2 heterocycles. The van der Waals surface area contributed by atoms with Crippen molar-refractivity contribution in [3.63, 3.8) is 0 Å². The van der Waals surface area contributed by atoms with Gasteiger partial charge in [-0.3, -0.25) is 4.79 Å². The number of fused-ring (bicyclic) bond motifs is 1. The molecule has 31 heavy (non-hydrogen) atoms. The van der Waals surface area contributed by atoms with E-state index in [0.717, 1.165) is 38.8 Å². The average molecular weight is 412 g/mol. The van der Waals surface area contributed by atoms with Gasteiger partial charge in [0.05, 0.1) is 12.9 Å². The summed E-state index contributed by atoms with van der Waals surface area (Å²) >= 11 is 0. The van der Waals surface area contributed by atoms with Crippen molar-refractivity contribution in [2.45, 2.75) is 20.8 Å². The van der Waals surface area contributed by atoms with E-state index in [9.17, 15) is 4.79 Å². The molecule has 0 aliphatic rings. The quantitative estimate of drug-likeness (QED) is 0.381. The first-order valence-corrected chi connectivity index (χ1v) is 10.2. The molecule has 0 atom stereocenters. The molecule has 2 aromatic carbocycles. The Hall–Kier alpha value is -3.86. The lowest BCUT2D eigenvalue weighted by Gasteiger charge is -2.12. The van der Waals surface area contributed by atoms with Crippen molar-refractivity contribution in [1.82, 2.24) is 4.98 Å². The Morgan fingerprint density at radius 3 is 2.68 bits per heavy atom. The maximum absolute atomic E-state index is 12.6. The van der Waals surface area contributed by atoms with Crippen molar-refractivity contribution in [2.75, 3.05) is 11.9 Å². The minimum atomic E-state index is -0.244. The fourth-order valence-corrected chi connectivity index (χ4v) is 3.46. The van der Waals surface area contributed by atoms with Gasteiger partial charge in [0.25, 0.3) is 0 Å². The van der Waals surface area contributed by atoms with E-state index in [1.54, 1.807) is 24.6 Å². The summed E-state index contributed by atoms with van der Waals surface area (Å²) in [6.07, 6.45) is 5.04. The van der Waals surface area contributed by atoms with Gasteiger partial charge >= 0.3 is 0 Å². The number of aromatic nitrogens is 1. The average Bonchev–Trinajstić information content (AvgIpc) is 3.18. The van der Waals surface area contributed by atoms with Crippen molar-refractivity contribution < 1.29 is 13.9 Å². The van der Waals surface area contributed by atoms with Gasteiger partial charge in [-0.05, 0) is 49.6 Å². The molecule has 0 unspecified atom stereocenters. The third kappa shape index (κ3) is 4.51. The van der Waals surface area contributed by atoms with Gasteiger partial charge in [-0.2, -0.15) is 0 Å². The Morgan fingerprint density at radius 2 is 1.97 bits per heavy atom. The van der Waals surface area contributed by atoms with Crippen molar-refractivity contribution in [1.29, 1.82) is 0 Å². The molecular weight excluding hydrogens is 388 g/mol. The molecule has 0 fully saturated rings. The van der Waals surface area contributed by atoms with E-state index in [-0.39, 0.29) is 5.91 Å². The third-order valence-electron chi connectivity index (χ3n) is 5.00. The van der Waals surface area contributed by atoms with Crippen LogP contribution < -0.4 is 10.1 Å². The maximum Gasteiger partial charge on any atom is 0.249 e. The fraction of sp³-hybridized carbons (Fsp3) is 0.154. The Kier molecular flexibility index (Phi) is 5.85. The summed E-state index contributed by atoms with van der Waals surface area (Å²) in [6.45, 7) is 6.29. The van der Waals surface area contributed by atoms with E-state index in [0.29, 0.717) is 18.2 Å². The second-order valence-electron chi connectivity index (χ2n) is 7.33. The topological polar surface area (TPSA) is 64.4 Å². The Bertz CT molecular complexity index is 1240. The van der Waals surface area contributed by atoms with Gasteiger partial charge < -0.3 is 14.5 Å². The number of hydrogen-bond acceptors (Lipinski definition) is 4. The number of allylic oxidation sites excluding steroid dienone is 1. The molecule has 0 radical (unpaired) electrons. The standard InChI is InChI=1S/C26H24N2O3/c1-4-30-23-14-24-21(22(16-31-24)19-8-6-5-7-9-19)13-20(23)18(3)12-26(29)28-25-11-10-17(2)15-27-25/h5-16H,4H2,1-3H3,(H,27,28,29)/b18-12+. The molecule has 1 amide bonds. The van der Waals surface area contributed by atoms with Crippen LogP contribution in [-0.2, 0) is 4.79 Å². The molecule has 156 valence electrons. The number of carbonyl (C=O) groups is 1. The molecule has 0 aliphatic heterocycles. The zero-order chi connectivity index (χ0) is 21.8. The summed E-state index contributed by atoms with van der Waals surface area (Å²) in [5.41, 5.74) is 5.48. The number of furan rings is 1. The number of ether oxygens (including phenoxy) is 1. The molecule has 0 saturated carbocycles. The van der Waals surface area contributed by atoms with Crippen molar-refractivity contribution in [3.8, 4) is 16.9 Å². The van der Waals surface area contributed by atoms with Gasteiger partial charge in [0.2, 0.25) is 5.91 Å². The largest absolute Gasteiger partial charge is 0.493 e. The summed E-state index contributed by atoms with van der Waals surface area (Å²) in [5.74, 6) is 0.951. The van der Waals surface area contributed by atoms with E-state index in [4.69, 9.17) is 9.15 Å². The number of anilines is 1. The number of hydrogen-bond donors (Lipinski definition) is 1. The van der Waals surface area contributed by atoms with Gasteiger partial charge in [0.15, 0.2) is 0 Å². The van der Waals surface area contributed by atoms with E-state index < -0.39 is 0 Å². The third-order valence-corrected chi connectivity index (χ3v) is 5.00. The lowest BCUT2D eigenvalue weighted by atomic mass is 9.99. The molecule has 4 rings (SSSR count). The monoisotopic (exact) mass is 412 g/mol. The number of nitrogens with one attached hydrogen (secondary N) is 1. The van der Waals surface area contributed by atoms with Gasteiger partial charge in [-0.1, -0.05) is 36.4 Å². The predicted molar refractivity (Wildman–Crippen MR) is 124 cm³/mol. The highest BCUT2D eigenvalue weighted by molar-refractivity contribution is 6.05. The molecule has 5 heteroatoms. The van der Waals surface area contributed by atoms with Crippen LogP contribution in [0.1, 0.15) is 25.0 Å². The molecule has 5 nitrogen and oxygen atoms in total. The van der Waals surface area contributed by atoms with E-state index in [1.807, 2.05) is 69.3 Å². The second-order valence-corrected chi connectivity index (χ2v) is 7.33. The van der Waals surface area contributed by atoms with Gasteiger partial charge in [-0.15, -0.1) is 0 Å². The lowest BCUT2D eigenvalue weighted by Crippen LogP contribution is -2.10. The minimum absolute atomic E-state index is 0.244. The molecule has 0 aliphatic carbocycles. The number of rotatable bonds is 6. The van der Waals surface area contributed by atoms with Crippen LogP contribution in [0.15, 0.2) is 77.6 Å². The number of nitrogens with zero attached hydrogens (tertiary/aromatic N) is 1. The summed E-state index contributed by atoms with van der Waals surface area (Å²) < 4.78 is 11.7. The Balaban J connectivity index is 1.71. The molecule has 1 N–H and O–H groups in total. The highest BCUT2D eigenvalue weighted by atomic mass is 16.5. The highest BCUT2D eigenvalue weighted by Crippen LogP contribution is 2.37. The number of aryl methyl sites for hydroxylation is 1. The number of pyridine rings is 1. The fourth-order valence-electron chi connectivity index (χ4n) is 3.46. The van der Waals surface area contributed by atoms with Crippen LogP contribution in [0.25, 0.3) is 27.7 Å². The van der Waals surface area contributed by atoms with E-state index in [2.05, 4.69) is 10.3 Å². The summed E-state index contributed by atoms with van der Waals surface area (Å²) in [5, 5.41) is 3.78. The van der Waals surface area contributed by atoms with Crippen molar-refractivity contribution in [2.24, 2.45) is 0 Å². The lowest BCUT2D eigenvalue weighted by molar-refractivity contribution is -0.111. The van der Waals surface area contributed by atoms with Crippen LogP contribution in [0, 0.1) is 6.92 Å². The second kappa shape index (κ2) is 8.88. The summed E-state index contributed by atoms with van der Waals surface area (Å²) in [6, 6.07) is 17.7. The van der Waals surface area contributed by atoms with Crippen LogP contribution in [0.5, 0.6) is 5.75 Å². The van der Waals surface area contributed by atoms with Crippen LogP contribution in [0.4, 0.5) is 5.82 Å². The Morgan fingerprint density at radius 1 is 1.16 bits per heavy atom. The first kappa shape index (κ1) is 20.4. The van der Waals surface area contributed by atoms with Crippen LogP contribution in [-0.4, -0.2) is 17.5 Å². The van der Waals surface area contributed by atoms with Crippen LogP contribution in [0.2, 0.25) is 0 Å². The van der Waals surface area contributed by atoms with Crippen LogP contribution >= 0.6 is 0 Å². The van der Waals surface area contributed by atoms with E-state index >= 15 is 0 Å². The number of benzene rings is 2. The minimum Gasteiger partial charge on any atom is -0.493 e. The van der Waals surface area contributed by atoms with Gasteiger partial charge in [-0.25, -0.2) is 4.98 Å². The molecule has 4 aromatic rings. The molecule has 0 spiro atoms. The van der Waals surface area contributed by atoms with Crippen molar-refractivity contribution >= 4 is 28.3 Å². The van der Waals surface area contributed by atoms with E-state index in [1.165, 1.54) is 0 Å². The number of carbonyl (C=O) groups excluding carboxylic acids is 1. The zero-order valence-electron chi connectivity index (χ0n) is 17.8. The zero-order valence-corrected chi connectivity index (χ0v) is 17.8. The smallest absolute Gasteiger partial charge is 0.249 e.